The van der Waals surface area contributed by atoms with Crippen LogP contribution in [0.4, 0.5) is 10.3 Å². The Labute approximate surface area is 106 Å². The lowest BCUT2D eigenvalue weighted by molar-refractivity contribution is 0.630. The van der Waals surface area contributed by atoms with E-state index in [1.54, 1.807) is 24.5 Å². The van der Waals surface area contributed by atoms with Gasteiger partial charge in [0.05, 0.1) is 0 Å². The molecule has 1 aromatic carbocycles. The Morgan fingerprint density at radius 1 is 1.22 bits per heavy atom. The Bertz CT molecular complexity index is 523. The number of halogens is 1. The number of hydrogen-bond acceptors (Lipinski definition) is 3. The number of nitrogens with one attached hydrogen (secondary N) is 1. The average molecular weight is 245 g/mol. The predicted molar refractivity (Wildman–Crippen MR) is 70.9 cm³/mol. The van der Waals surface area contributed by atoms with Crippen LogP contribution in [0.2, 0.25) is 0 Å². The molecule has 0 spiro atoms. The third kappa shape index (κ3) is 2.83. The van der Waals surface area contributed by atoms with Crippen LogP contribution in [0.15, 0.2) is 30.6 Å². The minimum atomic E-state index is -0.251. The van der Waals surface area contributed by atoms with Gasteiger partial charge in [0, 0.05) is 30.1 Å². The molecule has 0 aliphatic heterocycles. The van der Waals surface area contributed by atoms with Crippen molar-refractivity contribution < 1.29 is 4.39 Å². The molecule has 2 rings (SSSR count). The van der Waals surface area contributed by atoms with E-state index in [4.69, 9.17) is 0 Å². The summed E-state index contributed by atoms with van der Waals surface area (Å²) in [5, 5.41) is 3.08. The third-order valence-corrected chi connectivity index (χ3v) is 2.62. The molecular weight excluding hydrogens is 229 g/mol. The summed E-state index contributed by atoms with van der Waals surface area (Å²) in [4.78, 5) is 8.35. The standard InChI is InChI=1S/C14H16FN3/c1-3-6-16-14-17-8-11(9-18-14)12-7-10(2)4-5-13(12)15/h4-5,7-9H,3,6H2,1-2H3,(H,16,17,18). The molecule has 0 aliphatic carbocycles. The van der Waals surface area contributed by atoms with Crippen LogP contribution in [-0.4, -0.2) is 16.5 Å². The van der Waals surface area contributed by atoms with Crippen LogP contribution in [0.3, 0.4) is 0 Å². The van der Waals surface area contributed by atoms with Gasteiger partial charge in [-0.15, -0.1) is 0 Å². The molecule has 0 atom stereocenters. The zero-order valence-corrected chi connectivity index (χ0v) is 10.6. The van der Waals surface area contributed by atoms with Gasteiger partial charge in [0.2, 0.25) is 5.95 Å². The van der Waals surface area contributed by atoms with Crippen molar-refractivity contribution in [2.45, 2.75) is 20.3 Å². The summed E-state index contributed by atoms with van der Waals surface area (Å²) < 4.78 is 13.7. The molecule has 0 fully saturated rings. The smallest absolute Gasteiger partial charge is 0.222 e. The normalized spacial score (nSPS) is 10.4. The summed E-state index contributed by atoms with van der Waals surface area (Å²) in [5.74, 6) is 0.326. The van der Waals surface area contributed by atoms with Crippen molar-refractivity contribution in [1.29, 1.82) is 0 Å². The van der Waals surface area contributed by atoms with E-state index >= 15 is 0 Å². The second-order valence-corrected chi connectivity index (χ2v) is 4.21. The molecule has 1 aromatic heterocycles. The average Bonchev–Trinajstić information content (AvgIpc) is 2.40. The topological polar surface area (TPSA) is 37.8 Å². The highest BCUT2D eigenvalue weighted by atomic mass is 19.1. The maximum atomic E-state index is 13.7. The lowest BCUT2D eigenvalue weighted by atomic mass is 10.1. The summed E-state index contributed by atoms with van der Waals surface area (Å²) in [6, 6.07) is 5.01. The van der Waals surface area contributed by atoms with Gasteiger partial charge in [-0.2, -0.15) is 0 Å². The fourth-order valence-electron chi connectivity index (χ4n) is 1.66. The predicted octanol–water partition coefficient (Wildman–Crippen LogP) is 3.41. The molecule has 1 N–H and O–H groups in total. The van der Waals surface area contributed by atoms with Crippen molar-refractivity contribution in [3.8, 4) is 11.1 Å². The van der Waals surface area contributed by atoms with Crippen LogP contribution in [0, 0.1) is 12.7 Å². The van der Waals surface area contributed by atoms with Gasteiger partial charge in [0.25, 0.3) is 0 Å². The maximum Gasteiger partial charge on any atom is 0.222 e. The van der Waals surface area contributed by atoms with Crippen molar-refractivity contribution in [3.05, 3.63) is 42.0 Å². The van der Waals surface area contributed by atoms with E-state index in [0.29, 0.717) is 17.1 Å². The fraction of sp³-hybridized carbons (Fsp3) is 0.286. The zero-order chi connectivity index (χ0) is 13.0. The van der Waals surface area contributed by atoms with E-state index in [1.165, 1.54) is 6.07 Å². The quantitative estimate of drug-likeness (QED) is 0.897. The number of aromatic nitrogens is 2. The molecule has 0 bridgehead atoms. The van der Waals surface area contributed by atoms with E-state index in [2.05, 4.69) is 22.2 Å². The highest BCUT2D eigenvalue weighted by Gasteiger charge is 2.06. The van der Waals surface area contributed by atoms with Crippen molar-refractivity contribution in [3.63, 3.8) is 0 Å². The van der Waals surface area contributed by atoms with Crippen molar-refractivity contribution >= 4 is 5.95 Å². The van der Waals surface area contributed by atoms with Crippen molar-refractivity contribution in [1.82, 2.24) is 9.97 Å². The Hall–Kier alpha value is -1.97. The zero-order valence-electron chi connectivity index (χ0n) is 10.6. The molecule has 18 heavy (non-hydrogen) atoms. The van der Waals surface area contributed by atoms with Crippen molar-refractivity contribution in [2.75, 3.05) is 11.9 Å². The minimum absolute atomic E-state index is 0.251. The number of hydrogen-bond donors (Lipinski definition) is 1. The first-order chi connectivity index (χ1) is 8.70. The van der Waals surface area contributed by atoms with Crippen LogP contribution in [0.5, 0.6) is 0 Å². The van der Waals surface area contributed by atoms with Crippen molar-refractivity contribution in [2.24, 2.45) is 0 Å². The van der Waals surface area contributed by atoms with Gasteiger partial charge in [0.15, 0.2) is 0 Å². The van der Waals surface area contributed by atoms with E-state index in [0.717, 1.165) is 18.5 Å². The van der Waals surface area contributed by atoms with E-state index in [1.807, 2.05) is 6.92 Å². The van der Waals surface area contributed by atoms with Crippen LogP contribution in [-0.2, 0) is 0 Å². The lowest BCUT2D eigenvalue weighted by Crippen LogP contribution is -2.03. The Kier molecular flexibility index (Phi) is 3.87. The van der Waals surface area contributed by atoms with E-state index < -0.39 is 0 Å². The summed E-state index contributed by atoms with van der Waals surface area (Å²) in [7, 11) is 0. The van der Waals surface area contributed by atoms with Gasteiger partial charge in [-0.1, -0.05) is 18.6 Å². The summed E-state index contributed by atoms with van der Waals surface area (Å²) in [6.45, 7) is 4.84. The van der Waals surface area contributed by atoms with Gasteiger partial charge in [-0.05, 0) is 25.5 Å². The SMILES string of the molecule is CCCNc1ncc(-c2cc(C)ccc2F)cn1. The maximum absolute atomic E-state index is 13.7. The fourth-order valence-corrected chi connectivity index (χ4v) is 1.66. The molecule has 3 nitrogen and oxygen atoms in total. The second kappa shape index (κ2) is 5.58. The van der Waals surface area contributed by atoms with E-state index in [-0.39, 0.29) is 5.82 Å². The van der Waals surface area contributed by atoms with Crippen LogP contribution in [0.1, 0.15) is 18.9 Å². The molecular formula is C14H16FN3. The van der Waals surface area contributed by atoms with Gasteiger partial charge in [-0.3, -0.25) is 0 Å². The first-order valence-corrected chi connectivity index (χ1v) is 6.03. The largest absolute Gasteiger partial charge is 0.354 e. The Morgan fingerprint density at radius 2 is 1.94 bits per heavy atom. The van der Waals surface area contributed by atoms with Crippen LogP contribution in [0.25, 0.3) is 11.1 Å². The summed E-state index contributed by atoms with van der Waals surface area (Å²) in [5.41, 5.74) is 2.25. The molecule has 0 radical (unpaired) electrons. The molecule has 1 heterocycles. The number of nitrogens with zero attached hydrogens (tertiary/aromatic N) is 2. The molecule has 0 saturated carbocycles. The highest BCUT2D eigenvalue weighted by Crippen LogP contribution is 2.22. The monoisotopic (exact) mass is 245 g/mol. The molecule has 0 unspecified atom stereocenters. The van der Waals surface area contributed by atoms with Gasteiger partial charge < -0.3 is 5.32 Å². The minimum Gasteiger partial charge on any atom is -0.354 e. The lowest BCUT2D eigenvalue weighted by Gasteiger charge is -2.06. The summed E-state index contributed by atoms with van der Waals surface area (Å²) in [6.07, 6.45) is 4.29. The number of rotatable bonds is 4. The van der Waals surface area contributed by atoms with Crippen LogP contribution < -0.4 is 5.32 Å². The molecule has 2 aromatic rings. The molecule has 4 heteroatoms. The second-order valence-electron chi connectivity index (χ2n) is 4.21. The Balaban J connectivity index is 2.25. The number of aryl methyl sites for hydroxylation is 1. The van der Waals surface area contributed by atoms with Crippen LogP contribution >= 0.6 is 0 Å². The molecule has 0 saturated heterocycles. The first kappa shape index (κ1) is 12.5. The Morgan fingerprint density at radius 3 is 2.61 bits per heavy atom. The summed E-state index contributed by atoms with van der Waals surface area (Å²) >= 11 is 0. The molecule has 0 aliphatic rings. The third-order valence-electron chi connectivity index (χ3n) is 2.62. The first-order valence-electron chi connectivity index (χ1n) is 6.03. The molecule has 0 amide bonds. The highest BCUT2D eigenvalue weighted by molar-refractivity contribution is 5.63. The van der Waals surface area contributed by atoms with Gasteiger partial charge >= 0.3 is 0 Å². The van der Waals surface area contributed by atoms with Gasteiger partial charge in [0.1, 0.15) is 5.82 Å². The molecule has 94 valence electrons. The number of anilines is 1. The van der Waals surface area contributed by atoms with Gasteiger partial charge in [-0.25, -0.2) is 14.4 Å². The number of benzene rings is 1. The van der Waals surface area contributed by atoms with E-state index in [9.17, 15) is 4.39 Å².